The van der Waals surface area contributed by atoms with Crippen LogP contribution >= 0.6 is 11.8 Å². The van der Waals surface area contributed by atoms with E-state index in [1.807, 2.05) is 17.8 Å². The molecule has 1 aromatic rings. The first kappa shape index (κ1) is 13.4. The Hall–Kier alpha value is -1.03. The zero-order valence-electron chi connectivity index (χ0n) is 11.1. The van der Waals surface area contributed by atoms with E-state index in [-0.39, 0.29) is 16.0 Å². The average molecular weight is 265 g/mol. The van der Waals surface area contributed by atoms with E-state index < -0.39 is 0 Å². The van der Waals surface area contributed by atoms with Crippen molar-refractivity contribution in [3.8, 4) is 0 Å². The monoisotopic (exact) mass is 265 g/mol. The maximum atomic E-state index is 10.9. The van der Waals surface area contributed by atoms with Crippen LogP contribution in [0, 0.1) is 10.1 Å². The van der Waals surface area contributed by atoms with Gasteiger partial charge in [0, 0.05) is 27.7 Å². The molecule has 0 saturated heterocycles. The van der Waals surface area contributed by atoms with Crippen molar-refractivity contribution in [3.63, 3.8) is 0 Å². The van der Waals surface area contributed by atoms with Gasteiger partial charge in [-0.2, -0.15) is 0 Å². The van der Waals surface area contributed by atoms with Crippen LogP contribution in [0.3, 0.4) is 0 Å². The van der Waals surface area contributed by atoms with Crippen LogP contribution in [-0.4, -0.2) is 10.2 Å². The normalized spacial score (nSPS) is 20.7. The Morgan fingerprint density at radius 2 is 2.17 bits per heavy atom. The molecule has 1 aliphatic heterocycles. The minimum absolute atomic E-state index is 0.0290. The Labute approximate surface area is 112 Å². The summed E-state index contributed by atoms with van der Waals surface area (Å²) in [5, 5.41) is 11.4. The topological polar surface area (TPSA) is 43.1 Å². The second-order valence-electron chi connectivity index (χ2n) is 5.41. The van der Waals surface area contributed by atoms with E-state index in [1.54, 1.807) is 12.1 Å². The summed E-state index contributed by atoms with van der Waals surface area (Å²) < 4.78 is 0. The fraction of sp³-hybridized carbons (Fsp3) is 0.571. The number of hydrogen-bond acceptors (Lipinski definition) is 3. The summed E-state index contributed by atoms with van der Waals surface area (Å²) >= 11 is 1.88. The van der Waals surface area contributed by atoms with Crippen LogP contribution in [0.5, 0.6) is 0 Å². The lowest BCUT2D eigenvalue weighted by Crippen LogP contribution is -2.26. The molecule has 1 aliphatic rings. The molecule has 1 heterocycles. The zero-order valence-corrected chi connectivity index (χ0v) is 11.9. The number of fused-ring (bicyclic) bond motifs is 1. The van der Waals surface area contributed by atoms with Crippen LogP contribution in [0.4, 0.5) is 5.69 Å². The lowest BCUT2D eigenvalue weighted by molar-refractivity contribution is -0.385. The van der Waals surface area contributed by atoms with Gasteiger partial charge in [-0.25, -0.2) is 0 Å². The second-order valence-corrected chi connectivity index (χ2v) is 6.65. The van der Waals surface area contributed by atoms with Crippen LogP contribution in [0.1, 0.15) is 45.6 Å². The molecule has 1 atom stereocenters. The molecule has 0 aliphatic carbocycles. The number of thioether (sulfide) groups is 1. The SMILES string of the molecule is CCCCC1Sc2ccc([N+](=O)[O-])cc2C1(C)C. The molecular weight excluding hydrogens is 246 g/mol. The molecule has 0 N–H and O–H groups in total. The Morgan fingerprint density at radius 3 is 2.78 bits per heavy atom. The molecule has 0 saturated carbocycles. The van der Waals surface area contributed by atoms with Gasteiger partial charge in [0.05, 0.1) is 4.92 Å². The van der Waals surface area contributed by atoms with Gasteiger partial charge in [0.15, 0.2) is 0 Å². The zero-order chi connectivity index (χ0) is 13.3. The molecule has 18 heavy (non-hydrogen) atoms. The van der Waals surface area contributed by atoms with Gasteiger partial charge in [-0.1, -0.05) is 33.6 Å². The Morgan fingerprint density at radius 1 is 1.44 bits per heavy atom. The first-order chi connectivity index (χ1) is 8.46. The molecule has 2 rings (SSSR count). The summed E-state index contributed by atoms with van der Waals surface area (Å²) in [6, 6.07) is 5.28. The van der Waals surface area contributed by atoms with E-state index in [9.17, 15) is 10.1 Å². The Balaban J connectivity index is 2.32. The second kappa shape index (κ2) is 4.92. The fourth-order valence-corrected chi connectivity index (χ4v) is 4.13. The molecule has 0 aromatic heterocycles. The summed E-state index contributed by atoms with van der Waals surface area (Å²) in [5.74, 6) is 0. The van der Waals surface area contributed by atoms with E-state index >= 15 is 0 Å². The number of nitrogens with zero attached hydrogens (tertiary/aromatic N) is 1. The number of hydrogen-bond donors (Lipinski definition) is 0. The van der Waals surface area contributed by atoms with Gasteiger partial charge in [0.1, 0.15) is 0 Å². The van der Waals surface area contributed by atoms with Gasteiger partial charge in [0.25, 0.3) is 5.69 Å². The molecule has 1 unspecified atom stereocenters. The summed E-state index contributed by atoms with van der Waals surface area (Å²) in [7, 11) is 0. The Kier molecular flexibility index (Phi) is 3.66. The van der Waals surface area contributed by atoms with Crippen LogP contribution in [-0.2, 0) is 5.41 Å². The van der Waals surface area contributed by atoms with E-state index in [4.69, 9.17) is 0 Å². The predicted octanol–water partition coefficient (Wildman–Crippen LogP) is 4.54. The minimum Gasteiger partial charge on any atom is -0.258 e. The number of non-ortho nitro benzene ring substituents is 1. The molecule has 3 nitrogen and oxygen atoms in total. The van der Waals surface area contributed by atoms with Gasteiger partial charge in [0.2, 0.25) is 0 Å². The molecule has 4 heteroatoms. The summed E-state index contributed by atoms with van der Waals surface area (Å²) in [4.78, 5) is 11.8. The highest BCUT2D eigenvalue weighted by molar-refractivity contribution is 8.00. The highest BCUT2D eigenvalue weighted by Crippen LogP contribution is 2.51. The number of unbranched alkanes of at least 4 members (excludes halogenated alkanes) is 1. The molecule has 0 amide bonds. The first-order valence-corrected chi connectivity index (χ1v) is 7.30. The highest BCUT2D eigenvalue weighted by atomic mass is 32.2. The quantitative estimate of drug-likeness (QED) is 0.593. The van der Waals surface area contributed by atoms with Gasteiger partial charge in [-0.15, -0.1) is 11.8 Å². The van der Waals surface area contributed by atoms with E-state index in [0.29, 0.717) is 5.25 Å². The van der Waals surface area contributed by atoms with Crippen molar-refractivity contribution in [1.82, 2.24) is 0 Å². The molecule has 1 aromatic carbocycles. The maximum Gasteiger partial charge on any atom is 0.269 e. The third-order valence-electron chi connectivity index (χ3n) is 3.76. The average Bonchev–Trinajstić information content (AvgIpc) is 2.58. The largest absolute Gasteiger partial charge is 0.269 e. The number of nitro benzene ring substituents is 1. The van der Waals surface area contributed by atoms with E-state index in [1.165, 1.54) is 24.2 Å². The van der Waals surface area contributed by atoms with Crippen LogP contribution in [0.25, 0.3) is 0 Å². The highest BCUT2D eigenvalue weighted by Gasteiger charge is 2.40. The summed E-state index contributed by atoms with van der Waals surface area (Å²) in [6.07, 6.45) is 3.59. The molecule has 98 valence electrons. The number of benzene rings is 1. The van der Waals surface area contributed by atoms with Gasteiger partial charge >= 0.3 is 0 Å². The van der Waals surface area contributed by atoms with Gasteiger partial charge in [-0.05, 0) is 18.1 Å². The number of rotatable bonds is 4. The van der Waals surface area contributed by atoms with Crippen molar-refractivity contribution in [2.75, 3.05) is 0 Å². The van der Waals surface area contributed by atoms with Gasteiger partial charge in [-0.3, -0.25) is 10.1 Å². The number of nitro groups is 1. The van der Waals surface area contributed by atoms with Crippen molar-refractivity contribution in [3.05, 3.63) is 33.9 Å². The standard InChI is InChI=1S/C14H19NO2S/c1-4-5-6-13-14(2,3)11-9-10(15(16)17)7-8-12(11)18-13/h7-9,13H,4-6H2,1-3H3. The van der Waals surface area contributed by atoms with Crippen molar-refractivity contribution >= 4 is 17.4 Å². The first-order valence-electron chi connectivity index (χ1n) is 6.42. The lowest BCUT2D eigenvalue weighted by atomic mass is 9.80. The van der Waals surface area contributed by atoms with Crippen molar-refractivity contribution in [1.29, 1.82) is 0 Å². The molecule has 0 fully saturated rings. The predicted molar refractivity (Wildman–Crippen MR) is 75.3 cm³/mol. The van der Waals surface area contributed by atoms with Crippen LogP contribution < -0.4 is 0 Å². The third-order valence-corrected chi connectivity index (χ3v) is 5.48. The van der Waals surface area contributed by atoms with Crippen molar-refractivity contribution in [2.45, 2.75) is 55.6 Å². The Bertz CT molecular complexity index is 471. The third kappa shape index (κ3) is 2.26. The molecule has 0 bridgehead atoms. The summed E-state index contributed by atoms with van der Waals surface area (Å²) in [5.41, 5.74) is 1.38. The molecule has 0 spiro atoms. The van der Waals surface area contributed by atoms with Crippen molar-refractivity contribution in [2.24, 2.45) is 0 Å². The lowest BCUT2D eigenvalue weighted by Gasteiger charge is -2.27. The maximum absolute atomic E-state index is 10.9. The van der Waals surface area contributed by atoms with Crippen molar-refractivity contribution < 1.29 is 4.92 Å². The molecular formula is C14H19NO2S. The minimum atomic E-state index is -0.305. The van der Waals surface area contributed by atoms with E-state index in [0.717, 1.165) is 5.56 Å². The summed E-state index contributed by atoms with van der Waals surface area (Å²) in [6.45, 7) is 6.61. The smallest absolute Gasteiger partial charge is 0.258 e. The van der Waals surface area contributed by atoms with Crippen LogP contribution in [0.15, 0.2) is 23.1 Å². The van der Waals surface area contributed by atoms with Crippen LogP contribution in [0.2, 0.25) is 0 Å². The molecule has 0 radical (unpaired) electrons. The van der Waals surface area contributed by atoms with Gasteiger partial charge < -0.3 is 0 Å². The fourth-order valence-electron chi connectivity index (χ4n) is 2.52. The van der Waals surface area contributed by atoms with E-state index in [2.05, 4.69) is 20.8 Å².